The number of benzene rings is 3. The van der Waals surface area contributed by atoms with Crippen LogP contribution >= 0.6 is 11.6 Å². The molecule has 1 unspecified atom stereocenters. The Labute approximate surface area is 181 Å². The Balaban J connectivity index is 1.56. The van der Waals surface area contributed by atoms with E-state index >= 15 is 0 Å². The van der Waals surface area contributed by atoms with Crippen molar-refractivity contribution >= 4 is 33.2 Å². The Bertz CT molecular complexity index is 1180. The molecule has 0 heterocycles. The number of halogens is 1. The molecule has 7 heteroatoms. The third kappa shape index (κ3) is 4.35. The molecular formula is C23H21ClN2O3S. The lowest BCUT2D eigenvalue weighted by atomic mass is 9.87. The quantitative estimate of drug-likeness (QED) is 0.589. The number of hydrogen-bond donors (Lipinski definition) is 2. The van der Waals surface area contributed by atoms with Gasteiger partial charge in [-0.15, -0.1) is 0 Å². The molecule has 3 aromatic carbocycles. The molecule has 0 fully saturated rings. The van der Waals surface area contributed by atoms with Crippen LogP contribution in [0.2, 0.25) is 5.02 Å². The van der Waals surface area contributed by atoms with E-state index in [4.69, 9.17) is 11.6 Å². The van der Waals surface area contributed by atoms with Crippen LogP contribution in [0.25, 0.3) is 0 Å². The zero-order chi connectivity index (χ0) is 21.1. The van der Waals surface area contributed by atoms with Crippen LogP contribution in [0.4, 0.5) is 5.69 Å². The second-order valence-electron chi connectivity index (χ2n) is 7.23. The number of sulfonamides is 1. The van der Waals surface area contributed by atoms with Crippen LogP contribution in [0.3, 0.4) is 0 Å². The van der Waals surface area contributed by atoms with Crippen LogP contribution in [0, 0.1) is 0 Å². The highest BCUT2D eigenvalue weighted by molar-refractivity contribution is 7.92. The first-order chi connectivity index (χ1) is 14.4. The fraction of sp³-hybridized carbons (Fsp3) is 0.174. The largest absolute Gasteiger partial charge is 0.345 e. The smallest absolute Gasteiger partial charge is 0.261 e. The molecule has 0 bridgehead atoms. The van der Waals surface area contributed by atoms with Gasteiger partial charge < -0.3 is 5.32 Å². The van der Waals surface area contributed by atoms with Crippen LogP contribution in [-0.2, 0) is 16.4 Å². The van der Waals surface area contributed by atoms with Gasteiger partial charge in [-0.05, 0) is 60.7 Å². The number of amides is 1. The van der Waals surface area contributed by atoms with Gasteiger partial charge in [0.2, 0.25) is 0 Å². The maximum Gasteiger partial charge on any atom is 0.261 e. The monoisotopic (exact) mass is 440 g/mol. The third-order valence-electron chi connectivity index (χ3n) is 5.19. The number of rotatable bonds is 5. The van der Waals surface area contributed by atoms with E-state index in [9.17, 15) is 13.2 Å². The number of aryl methyl sites for hydroxylation is 1. The number of carbonyl (C=O) groups is 1. The molecule has 30 heavy (non-hydrogen) atoms. The first kappa shape index (κ1) is 20.4. The number of anilines is 1. The van der Waals surface area contributed by atoms with Crippen LogP contribution in [0.15, 0.2) is 77.7 Å². The molecule has 2 N–H and O–H groups in total. The Hall–Kier alpha value is -2.83. The molecule has 0 aromatic heterocycles. The van der Waals surface area contributed by atoms with Gasteiger partial charge in [0.1, 0.15) is 0 Å². The fourth-order valence-corrected chi connectivity index (χ4v) is 4.99. The molecule has 0 spiro atoms. The summed E-state index contributed by atoms with van der Waals surface area (Å²) in [6.07, 6.45) is 2.84. The minimum absolute atomic E-state index is 0.0943. The highest BCUT2D eigenvalue weighted by Gasteiger charge is 2.23. The molecule has 0 radical (unpaired) electrons. The molecule has 1 atom stereocenters. The van der Waals surface area contributed by atoms with Crippen molar-refractivity contribution in [3.05, 3.63) is 94.5 Å². The van der Waals surface area contributed by atoms with E-state index in [0.29, 0.717) is 0 Å². The fourth-order valence-electron chi connectivity index (χ4n) is 3.72. The van der Waals surface area contributed by atoms with E-state index < -0.39 is 10.0 Å². The maximum absolute atomic E-state index is 13.0. The van der Waals surface area contributed by atoms with Crippen molar-refractivity contribution < 1.29 is 13.2 Å². The number of carbonyl (C=O) groups excluding carboxylic acids is 1. The molecule has 3 aromatic rings. The van der Waals surface area contributed by atoms with E-state index in [1.165, 1.54) is 35.9 Å². The molecule has 154 valence electrons. The van der Waals surface area contributed by atoms with Crippen molar-refractivity contribution in [3.63, 3.8) is 0 Å². The zero-order valence-corrected chi connectivity index (χ0v) is 17.7. The Kier molecular flexibility index (Phi) is 5.79. The van der Waals surface area contributed by atoms with Crippen LogP contribution < -0.4 is 10.0 Å². The Morgan fingerprint density at radius 3 is 2.50 bits per heavy atom. The van der Waals surface area contributed by atoms with E-state index in [0.717, 1.165) is 24.8 Å². The van der Waals surface area contributed by atoms with Crippen LogP contribution in [0.1, 0.15) is 40.4 Å². The summed E-state index contributed by atoms with van der Waals surface area (Å²) in [6, 6.07) is 20.6. The maximum atomic E-state index is 13.0. The summed E-state index contributed by atoms with van der Waals surface area (Å²) in [5, 5.41) is 3.32. The van der Waals surface area contributed by atoms with Gasteiger partial charge in [0, 0.05) is 5.69 Å². The normalized spacial score (nSPS) is 15.8. The minimum Gasteiger partial charge on any atom is -0.345 e. The van der Waals surface area contributed by atoms with Gasteiger partial charge in [-0.3, -0.25) is 9.52 Å². The summed E-state index contributed by atoms with van der Waals surface area (Å²) in [4.78, 5) is 13.1. The van der Waals surface area contributed by atoms with Gasteiger partial charge in [0.05, 0.1) is 21.5 Å². The Morgan fingerprint density at radius 2 is 1.70 bits per heavy atom. The second kappa shape index (κ2) is 8.50. The van der Waals surface area contributed by atoms with Crippen molar-refractivity contribution in [1.82, 2.24) is 5.32 Å². The third-order valence-corrected chi connectivity index (χ3v) is 6.92. The molecule has 1 aliphatic carbocycles. The van der Waals surface area contributed by atoms with Gasteiger partial charge in [0.25, 0.3) is 15.9 Å². The van der Waals surface area contributed by atoms with Crippen molar-refractivity contribution in [3.8, 4) is 0 Å². The first-order valence-electron chi connectivity index (χ1n) is 9.70. The SMILES string of the molecule is O=C(NC1CCCc2ccccc21)c1cc(NS(=O)(=O)c2ccccc2)ccc1Cl. The molecule has 0 aliphatic heterocycles. The molecular weight excluding hydrogens is 420 g/mol. The van der Waals surface area contributed by atoms with E-state index in [-0.39, 0.29) is 33.1 Å². The molecule has 4 rings (SSSR count). The molecule has 0 saturated heterocycles. The summed E-state index contributed by atoms with van der Waals surface area (Å²) in [5.74, 6) is -0.331. The molecule has 1 aliphatic rings. The van der Waals surface area contributed by atoms with E-state index in [1.54, 1.807) is 18.2 Å². The van der Waals surface area contributed by atoms with Gasteiger partial charge in [-0.2, -0.15) is 0 Å². The van der Waals surface area contributed by atoms with Crippen LogP contribution in [0.5, 0.6) is 0 Å². The summed E-state index contributed by atoms with van der Waals surface area (Å²) < 4.78 is 27.7. The Morgan fingerprint density at radius 1 is 0.967 bits per heavy atom. The lowest BCUT2D eigenvalue weighted by molar-refractivity contribution is 0.0933. The van der Waals surface area contributed by atoms with Crippen molar-refractivity contribution in [2.24, 2.45) is 0 Å². The predicted molar refractivity (Wildman–Crippen MR) is 118 cm³/mol. The highest BCUT2D eigenvalue weighted by Crippen LogP contribution is 2.30. The second-order valence-corrected chi connectivity index (χ2v) is 9.32. The predicted octanol–water partition coefficient (Wildman–Crippen LogP) is 4.95. The lowest BCUT2D eigenvalue weighted by Crippen LogP contribution is -2.31. The number of hydrogen-bond acceptors (Lipinski definition) is 3. The summed E-state index contributed by atoms with van der Waals surface area (Å²) >= 11 is 6.26. The average molecular weight is 441 g/mol. The van der Waals surface area contributed by atoms with Gasteiger partial charge in [0.15, 0.2) is 0 Å². The molecule has 0 saturated carbocycles. The van der Waals surface area contributed by atoms with Crippen molar-refractivity contribution in [1.29, 1.82) is 0 Å². The van der Waals surface area contributed by atoms with Gasteiger partial charge in [-0.25, -0.2) is 8.42 Å². The van der Waals surface area contributed by atoms with E-state index in [2.05, 4.69) is 16.1 Å². The van der Waals surface area contributed by atoms with Crippen molar-refractivity contribution in [2.45, 2.75) is 30.2 Å². The van der Waals surface area contributed by atoms with E-state index in [1.807, 2.05) is 18.2 Å². The van der Waals surface area contributed by atoms with Crippen LogP contribution in [-0.4, -0.2) is 14.3 Å². The standard InChI is InChI=1S/C23H21ClN2O3S/c24-21-14-13-17(26-30(28,29)18-9-2-1-3-10-18)15-20(21)23(27)25-22-12-6-8-16-7-4-5-11-19(16)22/h1-5,7,9-11,13-15,22,26H,6,8,12H2,(H,25,27). The van der Waals surface area contributed by atoms with Gasteiger partial charge >= 0.3 is 0 Å². The summed E-state index contributed by atoms with van der Waals surface area (Å²) in [6.45, 7) is 0. The lowest BCUT2D eigenvalue weighted by Gasteiger charge is -2.26. The first-order valence-corrected chi connectivity index (χ1v) is 11.6. The topological polar surface area (TPSA) is 75.3 Å². The van der Waals surface area contributed by atoms with Crippen molar-refractivity contribution in [2.75, 3.05) is 4.72 Å². The average Bonchev–Trinajstić information content (AvgIpc) is 2.76. The summed E-state index contributed by atoms with van der Waals surface area (Å²) in [7, 11) is -3.76. The number of nitrogens with one attached hydrogen (secondary N) is 2. The molecule has 1 amide bonds. The minimum atomic E-state index is -3.76. The van der Waals surface area contributed by atoms with Gasteiger partial charge in [-0.1, -0.05) is 54.1 Å². The zero-order valence-electron chi connectivity index (χ0n) is 16.1. The molecule has 5 nitrogen and oxygen atoms in total. The number of fused-ring (bicyclic) bond motifs is 1. The highest BCUT2D eigenvalue weighted by atomic mass is 35.5. The summed E-state index contributed by atoms with van der Waals surface area (Å²) in [5.41, 5.74) is 2.86.